The number of aromatic nitrogens is 2. The van der Waals surface area contributed by atoms with Gasteiger partial charge < -0.3 is 25.0 Å². The highest BCUT2D eigenvalue weighted by Gasteiger charge is 2.37. The van der Waals surface area contributed by atoms with Gasteiger partial charge in [-0.2, -0.15) is 0 Å². The Bertz CT molecular complexity index is 1410. The van der Waals surface area contributed by atoms with Gasteiger partial charge in [0.15, 0.2) is 5.75 Å². The van der Waals surface area contributed by atoms with Gasteiger partial charge in [0.25, 0.3) is 0 Å². The standard InChI is InChI=1S/C26H26F3N5O3S2/c1-3-36-23(35)22-17-6-4-13-10-30-25(33-21(13)20(17)24(38-2)39-22)32-18-9-16(5-7-19(18)37-26(27,28)29)34-11-14-8-15(12-34)31-14/h5,7,9-10,14-15,31H,3-4,6,8,11-12H2,1-2H3,(H,30,32,33). The molecule has 206 valence electrons. The Balaban J connectivity index is 1.36. The smallest absolute Gasteiger partial charge is 0.462 e. The Morgan fingerprint density at radius 1 is 1.28 bits per heavy atom. The number of halogens is 3. The lowest BCUT2D eigenvalue weighted by atomic mass is 9.91. The maximum atomic E-state index is 13.2. The van der Waals surface area contributed by atoms with E-state index in [9.17, 15) is 18.0 Å². The molecule has 0 radical (unpaired) electrons. The molecule has 1 aromatic carbocycles. The molecule has 1 aliphatic carbocycles. The Labute approximate surface area is 231 Å². The van der Waals surface area contributed by atoms with E-state index in [1.165, 1.54) is 29.2 Å². The van der Waals surface area contributed by atoms with Crippen LogP contribution in [0.2, 0.25) is 0 Å². The molecule has 2 unspecified atom stereocenters. The van der Waals surface area contributed by atoms with E-state index in [-0.39, 0.29) is 30.0 Å². The number of rotatable bonds is 7. The predicted molar refractivity (Wildman–Crippen MR) is 144 cm³/mol. The number of thioether (sulfide) groups is 1. The van der Waals surface area contributed by atoms with E-state index >= 15 is 0 Å². The van der Waals surface area contributed by atoms with Crippen LogP contribution in [0.4, 0.5) is 30.5 Å². The molecule has 3 saturated heterocycles. The molecule has 3 aromatic rings. The Morgan fingerprint density at radius 3 is 2.74 bits per heavy atom. The van der Waals surface area contributed by atoms with Crippen LogP contribution >= 0.6 is 23.1 Å². The number of carbonyl (C=O) groups excluding carboxylic acids is 1. The summed E-state index contributed by atoms with van der Waals surface area (Å²) >= 11 is 2.90. The van der Waals surface area contributed by atoms with Crippen molar-refractivity contribution in [3.05, 3.63) is 40.4 Å². The van der Waals surface area contributed by atoms with Crippen molar-refractivity contribution < 1.29 is 27.4 Å². The summed E-state index contributed by atoms with van der Waals surface area (Å²) in [5, 5.41) is 6.44. The summed E-state index contributed by atoms with van der Waals surface area (Å²) in [7, 11) is 0. The van der Waals surface area contributed by atoms with E-state index < -0.39 is 6.36 Å². The van der Waals surface area contributed by atoms with Crippen LogP contribution in [-0.4, -0.2) is 60.3 Å². The molecular weight excluding hydrogens is 551 g/mol. The third-order valence-corrected chi connectivity index (χ3v) is 9.42. The molecule has 2 N–H and O–H groups in total. The van der Waals surface area contributed by atoms with Crippen LogP contribution in [0.25, 0.3) is 11.3 Å². The van der Waals surface area contributed by atoms with Gasteiger partial charge in [0.05, 0.1) is 22.2 Å². The van der Waals surface area contributed by atoms with E-state index in [0.29, 0.717) is 35.5 Å². The minimum atomic E-state index is -4.85. The van der Waals surface area contributed by atoms with Gasteiger partial charge in [0.2, 0.25) is 5.95 Å². The number of carbonyl (C=O) groups is 1. The van der Waals surface area contributed by atoms with Crippen molar-refractivity contribution in [3.8, 4) is 17.0 Å². The second kappa shape index (κ2) is 10.2. The Hall–Kier alpha value is -3.03. The maximum absolute atomic E-state index is 13.2. The molecular formula is C26H26F3N5O3S2. The number of nitrogens with one attached hydrogen (secondary N) is 2. The van der Waals surface area contributed by atoms with E-state index in [1.54, 1.807) is 25.3 Å². The SMILES string of the molecule is CCOC(=O)c1sc(SC)c2c1CCc1cnc(Nc3cc(N4CC5CC(C4)N5)ccc3OC(F)(F)F)nc1-2. The molecule has 5 heterocycles. The molecule has 8 nitrogen and oxygen atoms in total. The molecule has 0 saturated carbocycles. The van der Waals surface area contributed by atoms with Crippen LogP contribution in [0, 0.1) is 0 Å². The van der Waals surface area contributed by atoms with Gasteiger partial charge in [-0.3, -0.25) is 0 Å². The summed E-state index contributed by atoms with van der Waals surface area (Å²) in [5.41, 5.74) is 4.25. The largest absolute Gasteiger partial charge is 0.573 e. The molecule has 0 amide bonds. The van der Waals surface area contributed by atoms with Crippen LogP contribution in [0.5, 0.6) is 5.75 Å². The van der Waals surface area contributed by atoms with Crippen LogP contribution < -0.4 is 20.3 Å². The Morgan fingerprint density at radius 2 is 2.05 bits per heavy atom. The van der Waals surface area contributed by atoms with E-state index in [2.05, 4.69) is 25.3 Å². The average molecular weight is 578 g/mol. The zero-order valence-corrected chi connectivity index (χ0v) is 22.9. The Kier molecular flexibility index (Phi) is 6.84. The molecule has 13 heteroatoms. The summed E-state index contributed by atoms with van der Waals surface area (Å²) < 4.78 is 50.2. The predicted octanol–water partition coefficient (Wildman–Crippen LogP) is 5.40. The number of thiophene rings is 1. The first-order valence-corrected chi connectivity index (χ1v) is 14.7. The number of hydrogen-bond acceptors (Lipinski definition) is 10. The molecule has 2 aromatic heterocycles. The number of fused-ring (bicyclic) bond motifs is 5. The van der Waals surface area contributed by atoms with Gasteiger partial charge in [-0.15, -0.1) is 36.3 Å². The number of nitrogens with zero attached hydrogens (tertiary/aromatic N) is 3. The first-order chi connectivity index (χ1) is 18.7. The van der Waals surface area contributed by atoms with Crippen molar-refractivity contribution in [2.45, 2.75) is 48.8 Å². The topological polar surface area (TPSA) is 88.6 Å². The average Bonchev–Trinajstić information content (AvgIpc) is 3.28. The molecule has 0 spiro atoms. The normalized spacial score (nSPS) is 19.6. The maximum Gasteiger partial charge on any atom is 0.573 e. The molecule has 39 heavy (non-hydrogen) atoms. The fraction of sp³-hybridized carbons (Fsp3) is 0.423. The number of benzene rings is 1. The lowest BCUT2D eigenvalue weighted by molar-refractivity contribution is -0.274. The second-order valence-electron chi connectivity index (χ2n) is 9.62. The quantitative estimate of drug-likeness (QED) is 0.283. The number of hydrogen-bond donors (Lipinski definition) is 2. The second-order valence-corrected chi connectivity index (χ2v) is 11.7. The fourth-order valence-electron chi connectivity index (χ4n) is 5.42. The van der Waals surface area contributed by atoms with Crippen molar-refractivity contribution in [2.24, 2.45) is 0 Å². The number of piperazine rings is 1. The lowest BCUT2D eigenvalue weighted by Crippen LogP contribution is -2.67. The fourth-order valence-corrected chi connectivity index (χ4v) is 7.41. The summed E-state index contributed by atoms with van der Waals surface area (Å²) in [4.78, 5) is 24.5. The van der Waals surface area contributed by atoms with Gasteiger partial charge >= 0.3 is 12.3 Å². The zero-order valence-electron chi connectivity index (χ0n) is 21.2. The summed E-state index contributed by atoms with van der Waals surface area (Å²) in [6.45, 7) is 3.62. The van der Waals surface area contributed by atoms with Gasteiger partial charge in [-0.1, -0.05) is 0 Å². The minimum Gasteiger partial charge on any atom is -0.462 e. The molecule has 3 aliphatic heterocycles. The van der Waals surface area contributed by atoms with Gasteiger partial charge in [0.1, 0.15) is 4.88 Å². The number of anilines is 3. The third-order valence-electron chi connectivity index (χ3n) is 7.09. The van der Waals surface area contributed by atoms with Crippen LogP contribution in [-0.2, 0) is 17.6 Å². The first kappa shape index (κ1) is 26.2. The molecule has 2 bridgehead atoms. The van der Waals surface area contributed by atoms with Crippen molar-refractivity contribution in [1.29, 1.82) is 0 Å². The van der Waals surface area contributed by atoms with Gasteiger partial charge in [0, 0.05) is 42.6 Å². The number of alkyl halides is 3. The molecule has 7 rings (SSSR count). The van der Waals surface area contributed by atoms with E-state index in [4.69, 9.17) is 9.72 Å². The molecule has 2 atom stereocenters. The monoisotopic (exact) mass is 577 g/mol. The van der Waals surface area contributed by atoms with E-state index in [0.717, 1.165) is 46.1 Å². The third kappa shape index (κ3) is 5.14. The zero-order chi connectivity index (χ0) is 27.3. The van der Waals surface area contributed by atoms with Gasteiger partial charge in [-0.05, 0) is 61.8 Å². The summed E-state index contributed by atoms with van der Waals surface area (Å²) in [5.74, 6) is -0.574. The van der Waals surface area contributed by atoms with E-state index in [1.807, 2.05) is 6.26 Å². The highest BCUT2D eigenvalue weighted by atomic mass is 32.2. The van der Waals surface area contributed by atoms with Crippen molar-refractivity contribution in [3.63, 3.8) is 0 Å². The van der Waals surface area contributed by atoms with Gasteiger partial charge in [-0.25, -0.2) is 14.8 Å². The summed E-state index contributed by atoms with van der Waals surface area (Å²) in [6.07, 6.45) is 1.18. The lowest BCUT2D eigenvalue weighted by Gasteiger charge is -2.49. The highest BCUT2D eigenvalue weighted by Crippen LogP contribution is 2.46. The van der Waals surface area contributed by atoms with Crippen LogP contribution in [0.3, 0.4) is 0 Å². The minimum absolute atomic E-state index is 0.121. The highest BCUT2D eigenvalue weighted by molar-refractivity contribution is 8.00. The number of esters is 1. The number of ether oxygens (including phenoxy) is 2. The van der Waals surface area contributed by atoms with Crippen LogP contribution in [0.15, 0.2) is 28.6 Å². The summed E-state index contributed by atoms with van der Waals surface area (Å²) in [6, 6.07) is 5.40. The first-order valence-electron chi connectivity index (χ1n) is 12.6. The molecule has 4 aliphatic rings. The van der Waals surface area contributed by atoms with Crippen LogP contribution in [0.1, 0.15) is 34.1 Å². The van der Waals surface area contributed by atoms with Crippen molar-refractivity contribution in [2.75, 3.05) is 36.2 Å². The molecule has 3 fully saturated rings. The number of aryl methyl sites for hydroxylation is 1. The van der Waals surface area contributed by atoms with Crippen molar-refractivity contribution in [1.82, 2.24) is 15.3 Å². The number of piperidine rings is 1. The van der Waals surface area contributed by atoms with Crippen molar-refractivity contribution >= 4 is 46.4 Å².